The van der Waals surface area contributed by atoms with Crippen LogP contribution in [0.1, 0.15) is 81.3 Å². The third-order valence-electron chi connectivity index (χ3n) is 13.4. The number of allylic oxidation sites excluding steroid dienone is 1. The molecule has 3 heterocycles. The fourth-order valence-corrected chi connectivity index (χ4v) is 10.4. The fraction of sp³-hybridized carbons (Fsp3) is 0.560. The van der Waals surface area contributed by atoms with E-state index in [-0.39, 0.29) is 63.0 Å². The van der Waals surface area contributed by atoms with E-state index in [2.05, 4.69) is 41.8 Å². The van der Waals surface area contributed by atoms with Crippen molar-refractivity contribution in [2.24, 2.45) is 22.9 Å². The molecule has 1 amide bonds. The van der Waals surface area contributed by atoms with E-state index in [1.807, 2.05) is 36.4 Å². The molecule has 1 saturated carbocycles. The van der Waals surface area contributed by atoms with Crippen molar-refractivity contribution in [1.29, 1.82) is 0 Å². The van der Waals surface area contributed by atoms with Gasteiger partial charge < -0.3 is 38.7 Å². The monoisotopic (exact) mass is 885 g/mol. The van der Waals surface area contributed by atoms with Crippen LogP contribution in [0.15, 0.2) is 90.1 Å². The summed E-state index contributed by atoms with van der Waals surface area (Å²) in [6.07, 6.45) is 10.6. The lowest BCUT2D eigenvalue weighted by atomic mass is 9.55. The van der Waals surface area contributed by atoms with Crippen molar-refractivity contribution in [2.45, 2.75) is 94.8 Å². The zero-order valence-electron chi connectivity index (χ0n) is 36.4. The zero-order valence-corrected chi connectivity index (χ0v) is 37.2. The molecule has 63 heavy (non-hydrogen) atoms. The molecule has 7 atom stereocenters. The van der Waals surface area contributed by atoms with E-state index in [4.69, 9.17) is 45.3 Å². The Labute approximate surface area is 376 Å². The van der Waals surface area contributed by atoms with Gasteiger partial charge in [-0.2, -0.15) is 0 Å². The molecule has 0 aromatic heterocycles. The molecule has 12 nitrogen and oxygen atoms in total. The summed E-state index contributed by atoms with van der Waals surface area (Å²) in [6, 6.07) is 19.6. The third-order valence-corrected chi connectivity index (χ3v) is 13.6. The van der Waals surface area contributed by atoms with Gasteiger partial charge in [0.25, 0.3) is 0 Å². The Morgan fingerprint density at radius 2 is 1.84 bits per heavy atom. The molecule has 0 radical (unpaired) electrons. The molecule has 13 heteroatoms. The van der Waals surface area contributed by atoms with Crippen LogP contribution in [0.5, 0.6) is 11.5 Å². The number of hydrogen-bond acceptors (Lipinski definition) is 11. The van der Waals surface area contributed by atoms with Gasteiger partial charge in [0, 0.05) is 57.2 Å². The first kappa shape index (κ1) is 45.4. The van der Waals surface area contributed by atoms with Crippen molar-refractivity contribution in [2.75, 3.05) is 65.2 Å². The number of halogens is 1. The molecule has 0 spiro atoms. The second-order valence-corrected chi connectivity index (χ2v) is 17.8. The first-order chi connectivity index (χ1) is 31.0. The highest BCUT2D eigenvalue weighted by Gasteiger charge is 2.66. The lowest BCUT2D eigenvalue weighted by Gasteiger charge is -2.60. The number of ether oxygens (including phenoxy) is 5. The number of rotatable bonds is 22. The van der Waals surface area contributed by atoms with E-state index >= 15 is 0 Å². The Bertz CT molecular complexity index is 2070. The van der Waals surface area contributed by atoms with Crippen LogP contribution in [0.4, 0.5) is 4.79 Å². The van der Waals surface area contributed by atoms with Crippen LogP contribution in [-0.2, 0) is 25.6 Å². The maximum atomic E-state index is 14.8. The van der Waals surface area contributed by atoms with E-state index < -0.39 is 30.1 Å². The van der Waals surface area contributed by atoms with Crippen LogP contribution >= 0.6 is 11.6 Å². The Hall–Kier alpha value is -4.17. The summed E-state index contributed by atoms with van der Waals surface area (Å²) in [6.45, 7) is 8.88. The van der Waals surface area contributed by atoms with Gasteiger partial charge in [0.2, 0.25) is 12.1 Å². The van der Waals surface area contributed by atoms with Crippen molar-refractivity contribution < 1.29 is 43.5 Å². The second kappa shape index (κ2) is 21.7. The molecule has 3 fully saturated rings. The number of benzene rings is 3. The van der Waals surface area contributed by atoms with Crippen molar-refractivity contribution in [3.63, 3.8) is 0 Å². The SMILES string of the molecule is C=CCO[C@@]12Oc3ccc(OCCN4CC4)cc3[C@H]3[C@H](CCCCO)[C@@H](CCCCO)C=C(C(=NOC4CCCCO4)C[C@@H]1N(Cc1cccc4ccccc14)C(=O)OCCCl)[C@H]32. The summed E-state index contributed by atoms with van der Waals surface area (Å²) in [4.78, 5) is 25.2. The Morgan fingerprint density at radius 3 is 2.62 bits per heavy atom. The number of oxime groups is 1. The number of nitrogens with zero attached hydrogens (tertiary/aromatic N) is 3. The van der Waals surface area contributed by atoms with Crippen LogP contribution in [0.2, 0.25) is 0 Å². The number of unbranched alkanes of at least 4 members (excludes halogenated alkanes) is 2. The molecule has 0 bridgehead atoms. The van der Waals surface area contributed by atoms with Crippen LogP contribution in [0, 0.1) is 17.8 Å². The average Bonchev–Trinajstić information content (AvgIpc) is 4.15. The predicted octanol–water partition coefficient (Wildman–Crippen LogP) is 8.57. The van der Waals surface area contributed by atoms with Gasteiger partial charge in [0.1, 0.15) is 30.8 Å². The van der Waals surface area contributed by atoms with E-state index in [1.54, 1.807) is 11.0 Å². The highest BCUT2D eigenvalue weighted by Crippen LogP contribution is 2.62. The molecule has 8 rings (SSSR count). The van der Waals surface area contributed by atoms with Crippen molar-refractivity contribution >= 4 is 34.2 Å². The minimum absolute atomic E-state index is 0.0205. The summed E-state index contributed by atoms with van der Waals surface area (Å²) in [5.74, 6) is -0.386. The lowest BCUT2D eigenvalue weighted by Crippen LogP contribution is -2.70. The largest absolute Gasteiger partial charge is 0.492 e. The number of hydrogen-bond donors (Lipinski definition) is 2. The highest BCUT2D eigenvalue weighted by atomic mass is 35.5. The number of carbonyl (C=O) groups is 1. The van der Waals surface area contributed by atoms with Crippen molar-refractivity contribution in [1.82, 2.24) is 9.80 Å². The average molecular weight is 887 g/mol. The molecule has 3 aliphatic heterocycles. The molecule has 3 aromatic rings. The molecular weight excluding hydrogens is 822 g/mol. The fourth-order valence-electron chi connectivity index (χ4n) is 10.4. The minimum atomic E-state index is -1.45. The summed E-state index contributed by atoms with van der Waals surface area (Å²) >= 11 is 6.18. The summed E-state index contributed by atoms with van der Waals surface area (Å²) < 4.78 is 33.1. The smallest absolute Gasteiger partial charge is 0.410 e. The van der Waals surface area contributed by atoms with Gasteiger partial charge >= 0.3 is 6.09 Å². The van der Waals surface area contributed by atoms with Gasteiger partial charge in [-0.05, 0) is 90.5 Å². The summed E-state index contributed by atoms with van der Waals surface area (Å²) in [5, 5.41) is 27.1. The molecule has 340 valence electrons. The van der Waals surface area contributed by atoms with Crippen LogP contribution in [0.25, 0.3) is 10.8 Å². The number of aliphatic hydroxyl groups excluding tert-OH is 2. The Morgan fingerprint density at radius 1 is 1.02 bits per heavy atom. The number of fused-ring (bicyclic) bond motifs is 3. The summed E-state index contributed by atoms with van der Waals surface area (Å²) in [7, 11) is 0. The van der Waals surface area contributed by atoms with Gasteiger partial charge in [-0.3, -0.25) is 9.80 Å². The molecule has 1 unspecified atom stereocenters. The van der Waals surface area contributed by atoms with Gasteiger partial charge in [-0.15, -0.1) is 18.2 Å². The van der Waals surface area contributed by atoms with E-state index in [0.29, 0.717) is 37.5 Å². The topological polar surface area (TPSA) is 132 Å². The normalized spacial score (nSPS) is 26.8. The van der Waals surface area contributed by atoms with Crippen LogP contribution in [-0.4, -0.2) is 115 Å². The zero-order chi connectivity index (χ0) is 43.6. The highest BCUT2D eigenvalue weighted by molar-refractivity contribution is 6.18. The molecule has 2 saturated heterocycles. The molecule has 5 aliphatic rings. The maximum absolute atomic E-state index is 14.8. The maximum Gasteiger partial charge on any atom is 0.410 e. The molecule has 2 N–H and O–H groups in total. The summed E-state index contributed by atoms with van der Waals surface area (Å²) in [5.41, 5.74) is 3.61. The van der Waals surface area contributed by atoms with E-state index in [1.165, 1.54) is 0 Å². The number of aliphatic hydroxyl groups is 2. The quantitative estimate of drug-likeness (QED) is 0.0333. The molecule has 2 aliphatic carbocycles. The van der Waals surface area contributed by atoms with Crippen molar-refractivity contribution in [3.8, 4) is 11.5 Å². The number of carbonyl (C=O) groups excluding carboxylic acids is 1. The Balaban J connectivity index is 1.33. The number of alkyl halides is 1. The molecule has 3 aromatic carbocycles. The van der Waals surface area contributed by atoms with Gasteiger partial charge in [0.05, 0.1) is 37.3 Å². The third kappa shape index (κ3) is 10.4. The van der Waals surface area contributed by atoms with Crippen LogP contribution in [0.3, 0.4) is 0 Å². The first-order valence-electron chi connectivity index (χ1n) is 23.1. The second-order valence-electron chi connectivity index (χ2n) is 17.4. The van der Waals surface area contributed by atoms with E-state index in [9.17, 15) is 15.0 Å². The van der Waals surface area contributed by atoms with Crippen LogP contribution < -0.4 is 9.47 Å². The standard InChI is InChI=1S/C50H64ClN3O9/c1-2-27-61-50-45(54(49(57)60-29-21-51)34-37-15-11-14-35-12-3-4-16-39(35)37)33-43(52-63-46-18-7-10-28-59-46)41-31-36(13-5-8-25-55)40(17-6-9-26-56)47(48(41)50)42-32-38(19-20-44(42)62-50)58-30-24-53-22-23-53/h2-4,11-12,14-16,19-20,31-32,36,40,45-48,55-56H,1,5-10,13,17-18,21-30,33-34H2/t36-,40+,45-,46?,47+,48+,50+/m0/s1. The van der Waals surface area contributed by atoms with Gasteiger partial charge in [-0.1, -0.05) is 72.6 Å². The lowest BCUT2D eigenvalue weighted by molar-refractivity contribution is -0.256. The van der Waals surface area contributed by atoms with Crippen molar-refractivity contribution in [3.05, 3.63) is 96.1 Å². The van der Waals surface area contributed by atoms with Gasteiger partial charge in [-0.25, -0.2) is 4.79 Å². The van der Waals surface area contributed by atoms with Gasteiger partial charge in [0.15, 0.2) is 0 Å². The number of amides is 1. The minimum Gasteiger partial charge on any atom is -0.492 e. The molecular formula is C50H64ClN3O9. The van der Waals surface area contributed by atoms with E-state index in [0.717, 1.165) is 97.8 Å². The Kier molecular flexibility index (Phi) is 15.6. The predicted molar refractivity (Wildman–Crippen MR) is 243 cm³/mol. The first-order valence-corrected chi connectivity index (χ1v) is 23.7.